The summed E-state index contributed by atoms with van der Waals surface area (Å²) in [6, 6.07) is 5.79. The third-order valence-electron chi connectivity index (χ3n) is 3.19. The minimum absolute atomic E-state index is 0.143. The van der Waals surface area contributed by atoms with Gasteiger partial charge in [-0.1, -0.05) is 12.1 Å². The third kappa shape index (κ3) is 3.83. The molecule has 20 heavy (non-hydrogen) atoms. The van der Waals surface area contributed by atoms with Crippen LogP contribution in [-0.4, -0.2) is 25.0 Å². The molecule has 4 heteroatoms. The molecule has 0 aliphatic carbocycles. The molecule has 0 N–H and O–H groups in total. The van der Waals surface area contributed by atoms with E-state index in [1.165, 1.54) is 0 Å². The van der Waals surface area contributed by atoms with E-state index in [1.54, 1.807) is 20.8 Å². The molecule has 1 aromatic rings. The molecule has 4 nitrogen and oxygen atoms in total. The van der Waals surface area contributed by atoms with Crippen molar-refractivity contribution in [3.63, 3.8) is 0 Å². The van der Waals surface area contributed by atoms with Gasteiger partial charge in [-0.15, -0.1) is 0 Å². The van der Waals surface area contributed by atoms with Crippen LogP contribution in [0.4, 0.5) is 0 Å². The quantitative estimate of drug-likeness (QED) is 0.593. The number of ether oxygens (including phenoxy) is 2. The molecule has 0 aliphatic rings. The smallest absolute Gasteiger partial charge is 0.319 e. The first-order valence-corrected chi connectivity index (χ1v) is 6.69. The Morgan fingerprint density at radius 3 is 2.45 bits per heavy atom. The van der Waals surface area contributed by atoms with Crippen LogP contribution in [0, 0.1) is 19.3 Å². The van der Waals surface area contributed by atoms with Gasteiger partial charge in [0.25, 0.3) is 0 Å². The zero-order valence-electron chi connectivity index (χ0n) is 12.8. The third-order valence-corrected chi connectivity index (χ3v) is 3.19. The fourth-order valence-corrected chi connectivity index (χ4v) is 1.61. The number of hydrogen-bond donors (Lipinski definition) is 0. The molecular weight excluding hydrogens is 256 g/mol. The number of hydrogen-bond acceptors (Lipinski definition) is 4. The first kappa shape index (κ1) is 16.2. The standard InChI is InChI=1S/C16H22O4/c1-6-19-15(18)16(4,5)14(17)10-20-13-9-11(2)7-8-12(13)3/h7-9H,6,10H2,1-5H3. The van der Waals surface area contributed by atoms with Crippen molar-refractivity contribution in [2.24, 2.45) is 5.41 Å². The molecule has 0 saturated heterocycles. The summed E-state index contributed by atoms with van der Waals surface area (Å²) in [5.41, 5.74) is 0.827. The molecule has 0 aromatic heterocycles. The Hall–Kier alpha value is -1.84. The molecule has 0 aliphatic heterocycles. The van der Waals surface area contributed by atoms with E-state index in [0.717, 1.165) is 11.1 Å². The van der Waals surface area contributed by atoms with Gasteiger partial charge in [-0.05, 0) is 51.8 Å². The maximum Gasteiger partial charge on any atom is 0.319 e. The van der Waals surface area contributed by atoms with Gasteiger partial charge in [0.2, 0.25) is 0 Å². The monoisotopic (exact) mass is 278 g/mol. The molecule has 0 atom stereocenters. The summed E-state index contributed by atoms with van der Waals surface area (Å²) in [6.45, 7) is 8.81. The van der Waals surface area contributed by atoms with Crippen molar-refractivity contribution in [1.29, 1.82) is 0 Å². The van der Waals surface area contributed by atoms with Crippen LogP contribution >= 0.6 is 0 Å². The molecule has 0 fully saturated rings. The summed E-state index contributed by atoms with van der Waals surface area (Å²) in [5, 5.41) is 0. The van der Waals surface area contributed by atoms with Crippen molar-refractivity contribution in [2.45, 2.75) is 34.6 Å². The van der Waals surface area contributed by atoms with Crippen LogP contribution < -0.4 is 4.74 Å². The van der Waals surface area contributed by atoms with E-state index in [-0.39, 0.29) is 19.0 Å². The van der Waals surface area contributed by atoms with Gasteiger partial charge in [0, 0.05) is 0 Å². The average molecular weight is 278 g/mol. The lowest BCUT2D eigenvalue weighted by molar-refractivity contribution is -0.158. The topological polar surface area (TPSA) is 52.6 Å². The van der Waals surface area contributed by atoms with Gasteiger partial charge in [-0.3, -0.25) is 9.59 Å². The van der Waals surface area contributed by atoms with Gasteiger partial charge in [0.15, 0.2) is 5.78 Å². The summed E-state index contributed by atoms with van der Waals surface area (Å²) in [5.74, 6) is -0.149. The highest BCUT2D eigenvalue weighted by Crippen LogP contribution is 2.22. The lowest BCUT2D eigenvalue weighted by atomic mass is 9.88. The molecule has 0 bridgehead atoms. The summed E-state index contributed by atoms with van der Waals surface area (Å²) in [6.07, 6.45) is 0. The summed E-state index contributed by atoms with van der Waals surface area (Å²) < 4.78 is 10.4. The maximum atomic E-state index is 12.1. The van der Waals surface area contributed by atoms with E-state index in [1.807, 2.05) is 32.0 Å². The van der Waals surface area contributed by atoms with E-state index >= 15 is 0 Å². The molecule has 0 saturated carbocycles. The Morgan fingerprint density at radius 2 is 1.85 bits per heavy atom. The Kier molecular flexibility index (Phi) is 5.31. The van der Waals surface area contributed by atoms with Gasteiger partial charge in [0.1, 0.15) is 17.8 Å². The summed E-state index contributed by atoms with van der Waals surface area (Å²) >= 11 is 0. The Morgan fingerprint density at radius 1 is 1.20 bits per heavy atom. The predicted molar refractivity (Wildman–Crippen MR) is 76.8 cm³/mol. The second-order valence-electron chi connectivity index (χ2n) is 5.33. The summed E-state index contributed by atoms with van der Waals surface area (Å²) in [7, 11) is 0. The number of aryl methyl sites for hydroxylation is 2. The van der Waals surface area contributed by atoms with E-state index < -0.39 is 11.4 Å². The van der Waals surface area contributed by atoms with E-state index in [4.69, 9.17) is 9.47 Å². The summed E-state index contributed by atoms with van der Waals surface area (Å²) in [4.78, 5) is 23.9. The SMILES string of the molecule is CCOC(=O)C(C)(C)C(=O)COc1cc(C)ccc1C. The molecule has 0 radical (unpaired) electrons. The fraction of sp³-hybridized carbons (Fsp3) is 0.500. The highest BCUT2D eigenvalue weighted by Gasteiger charge is 2.37. The van der Waals surface area contributed by atoms with Gasteiger partial charge in [-0.2, -0.15) is 0 Å². The second kappa shape index (κ2) is 6.55. The number of rotatable bonds is 6. The van der Waals surface area contributed by atoms with Crippen LogP contribution in [0.15, 0.2) is 18.2 Å². The Labute approximate surface area is 120 Å². The lowest BCUT2D eigenvalue weighted by Crippen LogP contribution is -2.38. The number of esters is 1. The van der Waals surface area contributed by atoms with E-state index in [0.29, 0.717) is 5.75 Å². The second-order valence-corrected chi connectivity index (χ2v) is 5.33. The number of carbonyl (C=O) groups excluding carboxylic acids is 2. The molecule has 110 valence electrons. The van der Waals surface area contributed by atoms with Crippen LogP contribution in [0.5, 0.6) is 5.75 Å². The van der Waals surface area contributed by atoms with Crippen molar-refractivity contribution in [3.05, 3.63) is 29.3 Å². The molecule has 0 amide bonds. The number of ketones is 1. The van der Waals surface area contributed by atoms with Crippen LogP contribution in [-0.2, 0) is 14.3 Å². The van der Waals surface area contributed by atoms with E-state index in [9.17, 15) is 9.59 Å². The number of carbonyl (C=O) groups is 2. The largest absolute Gasteiger partial charge is 0.486 e. The predicted octanol–water partition coefficient (Wildman–Crippen LogP) is 2.84. The van der Waals surface area contributed by atoms with Crippen molar-refractivity contribution in [2.75, 3.05) is 13.2 Å². The van der Waals surface area contributed by atoms with Crippen molar-refractivity contribution in [1.82, 2.24) is 0 Å². The van der Waals surface area contributed by atoms with Gasteiger partial charge >= 0.3 is 5.97 Å². The normalized spacial score (nSPS) is 11.1. The zero-order chi connectivity index (χ0) is 15.3. The Bertz CT molecular complexity index is 503. The van der Waals surface area contributed by atoms with Crippen LogP contribution in [0.1, 0.15) is 31.9 Å². The fourth-order valence-electron chi connectivity index (χ4n) is 1.61. The highest BCUT2D eigenvalue weighted by molar-refractivity contribution is 6.03. The zero-order valence-corrected chi connectivity index (χ0v) is 12.8. The van der Waals surface area contributed by atoms with Crippen LogP contribution in [0.3, 0.4) is 0 Å². The maximum absolute atomic E-state index is 12.1. The van der Waals surface area contributed by atoms with Crippen LogP contribution in [0.25, 0.3) is 0 Å². The molecule has 1 aromatic carbocycles. The lowest BCUT2D eigenvalue weighted by Gasteiger charge is -2.21. The molecule has 0 spiro atoms. The number of Topliss-reactive ketones (excluding diaryl/α,β-unsaturated/α-hetero) is 1. The Balaban J connectivity index is 2.71. The van der Waals surface area contributed by atoms with Crippen molar-refractivity contribution < 1.29 is 19.1 Å². The molecular formula is C16H22O4. The molecule has 1 rings (SSSR count). The van der Waals surface area contributed by atoms with E-state index in [2.05, 4.69) is 0 Å². The minimum Gasteiger partial charge on any atom is -0.486 e. The van der Waals surface area contributed by atoms with Crippen molar-refractivity contribution >= 4 is 11.8 Å². The molecule has 0 heterocycles. The average Bonchev–Trinajstić information content (AvgIpc) is 2.39. The van der Waals surface area contributed by atoms with Crippen LogP contribution in [0.2, 0.25) is 0 Å². The van der Waals surface area contributed by atoms with Gasteiger partial charge < -0.3 is 9.47 Å². The molecule has 0 unspecified atom stereocenters. The van der Waals surface area contributed by atoms with Gasteiger partial charge in [-0.25, -0.2) is 0 Å². The van der Waals surface area contributed by atoms with Crippen molar-refractivity contribution in [3.8, 4) is 5.75 Å². The minimum atomic E-state index is -1.19. The number of benzene rings is 1. The first-order chi connectivity index (χ1) is 9.28. The first-order valence-electron chi connectivity index (χ1n) is 6.69. The highest BCUT2D eigenvalue weighted by atomic mass is 16.5. The van der Waals surface area contributed by atoms with Gasteiger partial charge in [0.05, 0.1) is 6.61 Å².